The number of hydrogen-bond acceptors (Lipinski definition) is 3. The number of ether oxygens (including phenoxy) is 1. The molecule has 3 heteroatoms. The van der Waals surface area contributed by atoms with Gasteiger partial charge in [0.15, 0.2) is 0 Å². The molecule has 0 bridgehead atoms. The molecule has 3 nitrogen and oxygen atoms in total. The molecule has 3 atom stereocenters. The van der Waals surface area contributed by atoms with Crippen LogP contribution >= 0.6 is 0 Å². The molecule has 3 heterocycles. The first-order chi connectivity index (χ1) is 7.42. The Bertz CT molecular complexity index is 204. The van der Waals surface area contributed by atoms with Crippen molar-refractivity contribution in [3.8, 4) is 0 Å². The van der Waals surface area contributed by atoms with Gasteiger partial charge in [-0.3, -0.25) is 0 Å². The summed E-state index contributed by atoms with van der Waals surface area (Å²) in [7, 11) is 0. The third-order valence-corrected chi connectivity index (χ3v) is 4.34. The van der Waals surface area contributed by atoms with E-state index in [1.807, 2.05) is 0 Å². The molecule has 1 unspecified atom stereocenters. The molecule has 3 aliphatic rings. The monoisotopic (exact) mass is 210 g/mol. The van der Waals surface area contributed by atoms with E-state index >= 15 is 0 Å². The lowest BCUT2D eigenvalue weighted by atomic mass is 10.0. The van der Waals surface area contributed by atoms with Gasteiger partial charge in [-0.2, -0.15) is 0 Å². The molecule has 86 valence electrons. The molecule has 0 aromatic rings. The van der Waals surface area contributed by atoms with Gasteiger partial charge in [-0.1, -0.05) is 0 Å². The van der Waals surface area contributed by atoms with Crippen LogP contribution in [0.1, 0.15) is 12.8 Å². The summed E-state index contributed by atoms with van der Waals surface area (Å²) in [6.45, 7) is 8.51. The molecule has 0 saturated carbocycles. The van der Waals surface area contributed by atoms with Crippen LogP contribution in [0.25, 0.3) is 0 Å². The van der Waals surface area contributed by atoms with Crippen molar-refractivity contribution in [1.29, 1.82) is 0 Å². The topological polar surface area (TPSA) is 24.5 Å². The third-order valence-electron chi connectivity index (χ3n) is 4.34. The average Bonchev–Trinajstić information content (AvgIpc) is 2.91. The molecule has 0 aliphatic carbocycles. The third kappa shape index (κ3) is 2.19. The Kier molecular flexibility index (Phi) is 2.95. The van der Waals surface area contributed by atoms with Crippen molar-refractivity contribution in [3.05, 3.63) is 0 Å². The van der Waals surface area contributed by atoms with Gasteiger partial charge in [-0.25, -0.2) is 0 Å². The molecule has 3 fully saturated rings. The molecular weight excluding hydrogens is 188 g/mol. The van der Waals surface area contributed by atoms with E-state index in [0.29, 0.717) is 0 Å². The molecular formula is C12H22N2O. The van der Waals surface area contributed by atoms with Crippen LogP contribution in [-0.4, -0.2) is 50.8 Å². The molecule has 0 spiro atoms. The number of nitrogens with zero attached hydrogens (tertiary/aromatic N) is 1. The second-order valence-corrected chi connectivity index (χ2v) is 5.46. The van der Waals surface area contributed by atoms with Crippen LogP contribution in [0.15, 0.2) is 0 Å². The summed E-state index contributed by atoms with van der Waals surface area (Å²) in [5.41, 5.74) is 0. The Labute approximate surface area is 92.2 Å². The van der Waals surface area contributed by atoms with Crippen molar-refractivity contribution in [1.82, 2.24) is 10.2 Å². The summed E-state index contributed by atoms with van der Waals surface area (Å²) in [6, 6.07) is 0. The molecule has 3 aliphatic heterocycles. The summed E-state index contributed by atoms with van der Waals surface area (Å²) in [6.07, 6.45) is 2.65. The van der Waals surface area contributed by atoms with E-state index in [1.54, 1.807) is 0 Å². The van der Waals surface area contributed by atoms with Crippen molar-refractivity contribution in [2.45, 2.75) is 12.8 Å². The molecule has 15 heavy (non-hydrogen) atoms. The number of hydrogen-bond donors (Lipinski definition) is 1. The van der Waals surface area contributed by atoms with Gasteiger partial charge >= 0.3 is 0 Å². The fourth-order valence-corrected chi connectivity index (χ4v) is 3.31. The van der Waals surface area contributed by atoms with E-state index < -0.39 is 0 Å². The largest absolute Gasteiger partial charge is 0.381 e. The first-order valence-corrected chi connectivity index (χ1v) is 6.42. The van der Waals surface area contributed by atoms with Crippen molar-refractivity contribution in [3.63, 3.8) is 0 Å². The summed E-state index contributed by atoms with van der Waals surface area (Å²) in [4.78, 5) is 2.68. The van der Waals surface area contributed by atoms with E-state index in [2.05, 4.69) is 10.2 Å². The minimum Gasteiger partial charge on any atom is -0.381 e. The van der Waals surface area contributed by atoms with Crippen LogP contribution in [0.4, 0.5) is 0 Å². The Morgan fingerprint density at radius 1 is 1.20 bits per heavy atom. The predicted molar refractivity (Wildman–Crippen MR) is 59.8 cm³/mol. The van der Waals surface area contributed by atoms with Gasteiger partial charge in [0.05, 0.1) is 0 Å². The van der Waals surface area contributed by atoms with E-state index in [4.69, 9.17) is 4.74 Å². The number of likely N-dealkylation sites (tertiary alicyclic amines) is 1. The summed E-state index contributed by atoms with van der Waals surface area (Å²) in [5, 5.41) is 3.50. The number of rotatable bonds is 3. The molecule has 0 amide bonds. The lowest BCUT2D eigenvalue weighted by Crippen LogP contribution is -2.28. The van der Waals surface area contributed by atoms with Crippen LogP contribution in [0.5, 0.6) is 0 Å². The van der Waals surface area contributed by atoms with Gasteiger partial charge in [-0.15, -0.1) is 0 Å². The van der Waals surface area contributed by atoms with Gasteiger partial charge in [0.25, 0.3) is 0 Å². The first-order valence-electron chi connectivity index (χ1n) is 6.42. The molecule has 0 aromatic heterocycles. The fourth-order valence-electron chi connectivity index (χ4n) is 3.31. The van der Waals surface area contributed by atoms with E-state index in [-0.39, 0.29) is 0 Å². The molecule has 3 saturated heterocycles. The Morgan fingerprint density at radius 2 is 2.00 bits per heavy atom. The maximum absolute atomic E-state index is 5.42. The van der Waals surface area contributed by atoms with Crippen molar-refractivity contribution >= 4 is 0 Å². The van der Waals surface area contributed by atoms with Crippen LogP contribution in [-0.2, 0) is 4.74 Å². The van der Waals surface area contributed by atoms with Crippen LogP contribution in [0, 0.1) is 17.8 Å². The van der Waals surface area contributed by atoms with Crippen LogP contribution in [0.2, 0.25) is 0 Å². The van der Waals surface area contributed by atoms with E-state index in [1.165, 1.54) is 45.6 Å². The van der Waals surface area contributed by atoms with Gasteiger partial charge in [0.2, 0.25) is 0 Å². The second-order valence-electron chi connectivity index (χ2n) is 5.46. The first kappa shape index (κ1) is 10.1. The highest BCUT2D eigenvalue weighted by molar-refractivity contribution is 4.91. The SMILES string of the molecule is C1CC(CCN2C[C@H]3CNC[C@H]3C2)CO1. The fraction of sp³-hybridized carbons (Fsp3) is 1.00. The van der Waals surface area contributed by atoms with E-state index in [9.17, 15) is 0 Å². The van der Waals surface area contributed by atoms with E-state index in [0.717, 1.165) is 31.0 Å². The zero-order chi connectivity index (χ0) is 10.1. The van der Waals surface area contributed by atoms with Crippen LogP contribution < -0.4 is 5.32 Å². The highest BCUT2D eigenvalue weighted by atomic mass is 16.5. The van der Waals surface area contributed by atoms with Crippen molar-refractivity contribution in [2.24, 2.45) is 17.8 Å². The zero-order valence-electron chi connectivity index (χ0n) is 9.45. The van der Waals surface area contributed by atoms with Crippen LogP contribution in [0.3, 0.4) is 0 Å². The standard InChI is InChI=1S/C12H22N2O/c1(10-2-4-15-9-10)3-14-7-11-5-13-6-12(11)8-14/h10-13H,1-9H2/t10?,11-,12+. The lowest BCUT2D eigenvalue weighted by Gasteiger charge is -2.18. The second kappa shape index (κ2) is 4.40. The number of fused-ring (bicyclic) bond motifs is 1. The van der Waals surface area contributed by atoms with Gasteiger partial charge in [0.1, 0.15) is 0 Å². The minimum absolute atomic E-state index is 0.851. The maximum atomic E-state index is 5.42. The number of nitrogens with one attached hydrogen (secondary N) is 1. The smallest absolute Gasteiger partial charge is 0.0495 e. The highest BCUT2D eigenvalue weighted by Gasteiger charge is 2.35. The summed E-state index contributed by atoms with van der Waals surface area (Å²) >= 11 is 0. The highest BCUT2D eigenvalue weighted by Crippen LogP contribution is 2.27. The average molecular weight is 210 g/mol. The summed E-state index contributed by atoms with van der Waals surface area (Å²) in [5.74, 6) is 2.75. The Hall–Kier alpha value is -0.120. The maximum Gasteiger partial charge on any atom is 0.0495 e. The minimum atomic E-state index is 0.851. The molecule has 0 radical (unpaired) electrons. The predicted octanol–water partition coefficient (Wildman–Crippen LogP) is 0.564. The quantitative estimate of drug-likeness (QED) is 0.737. The molecule has 0 aromatic carbocycles. The van der Waals surface area contributed by atoms with Crippen molar-refractivity contribution in [2.75, 3.05) is 45.9 Å². The van der Waals surface area contributed by atoms with Gasteiger partial charge in [-0.05, 0) is 50.2 Å². The Balaban J connectivity index is 1.41. The molecule has 1 N–H and O–H groups in total. The Morgan fingerprint density at radius 3 is 2.67 bits per heavy atom. The van der Waals surface area contributed by atoms with Gasteiger partial charge < -0.3 is 15.0 Å². The summed E-state index contributed by atoms with van der Waals surface area (Å²) < 4.78 is 5.42. The zero-order valence-corrected chi connectivity index (χ0v) is 9.45. The van der Waals surface area contributed by atoms with Gasteiger partial charge in [0, 0.05) is 26.3 Å². The lowest BCUT2D eigenvalue weighted by molar-refractivity contribution is 0.179. The van der Waals surface area contributed by atoms with Crippen molar-refractivity contribution < 1.29 is 4.74 Å². The molecule has 3 rings (SSSR count). The normalized spacial score (nSPS) is 41.2.